The van der Waals surface area contributed by atoms with Crippen molar-refractivity contribution in [1.82, 2.24) is 9.80 Å². The first kappa shape index (κ1) is 18.6. The molecule has 0 saturated carbocycles. The van der Waals surface area contributed by atoms with Gasteiger partial charge in [0.15, 0.2) is 0 Å². The molecule has 0 aromatic heterocycles. The Labute approximate surface area is 153 Å². The number of para-hydroxylation sites is 1. The van der Waals surface area contributed by atoms with Gasteiger partial charge >= 0.3 is 6.03 Å². The normalized spacial score (nSPS) is 26.0. The van der Waals surface area contributed by atoms with Crippen molar-refractivity contribution in [3.63, 3.8) is 0 Å². The molecule has 7 heteroatoms. The van der Waals surface area contributed by atoms with Gasteiger partial charge in [0.1, 0.15) is 5.82 Å². The SMILES string of the molecule is CC1CC(CN)CN1C(=O)C1CCCN(C(=O)Nc2ccccc2F)C1. The second-order valence-corrected chi connectivity index (χ2v) is 7.37. The van der Waals surface area contributed by atoms with Crippen LogP contribution in [0.5, 0.6) is 0 Å². The van der Waals surface area contributed by atoms with Crippen LogP contribution in [0.2, 0.25) is 0 Å². The Morgan fingerprint density at radius 2 is 2.08 bits per heavy atom. The van der Waals surface area contributed by atoms with E-state index in [0.717, 1.165) is 19.3 Å². The minimum Gasteiger partial charge on any atom is -0.339 e. The average molecular weight is 362 g/mol. The van der Waals surface area contributed by atoms with E-state index < -0.39 is 5.82 Å². The molecule has 2 saturated heterocycles. The Bertz CT molecular complexity index is 669. The molecule has 2 aliphatic rings. The number of halogens is 1. The first-order valence-corrected chi connectivity index (χ1v) is 9.30. The lowest BCUT2D eigenvalue weighted by Gasteiger charge is -2.35. The van der Waals surface area contributed by atoms with Crippen molar-refractivity contribution in [2.75, 3.05) is 31.5 Å². The third kappa shape index (κ3) is 3.98. The zero-order valence-electron chi connectivity index (χ0n) is 15.2. The van der Waals surface area contributed by atoms with Crippen molar-refractivity contribution in [3.8, 4) is 0 Å². The van der Waals surface area contributed by atoms with Gasteiger partial charge in [0.25, 0.3) is 0 Å². The van der Waals surface area contributed by atoms with Gasteiger partial charge in [-0.3, -0.25) is 4.79 Å². The number of piperidine rings is 1. The predicted molar refractivity (Wildman–Crippen MR) is 98.1 cm³/mol. The van der Waals surface area contributed by atoms with Crippen molar-refractivity contribution in [3.05, 3.63) is 30.1 Å². The molecule has 2 fully saturated rings. The number of nitrogens with two attached hydrogens (primary N) is 1. The van der Waals surface area contributed by atoms with Crippen LogP contribution in [-0.2, 0) is 4.79 Å². The molecular weight excluding hydrogens is 335 g/mol. The van der Waals surface area contributed by atoms with Crippen molar-refractivity contribution < 1.29 is 14.0 Å². The van der Waals surface area contributed by atoms with Crippen molar-refractivity contribution in [1.29, 1.82) is 0 Å². The van der Waals surface area contributed by atoms with E-state index in [1.165, 1.54) is 12.1 Å². The average Bonchev–Trinajstić information content (AvgIpc) is 3.04. The topological polar surface area (TPSA) is 78.7 Å². The Balaban J connectivity index is 1.61. The molecule has 6 nitrogen and oxygen atoms in total. The summed E-state index contributed by atoms with van der Waals surface area (Å²) in [5.41, 5.74) is 5.91. The summed E-state index contributed by atoms with van der Waals surface area (Å²) in [6, 6.07) is 5.91. The highest BCUT2D eigenvalue weighted by Crippen LogP contribution is 2.27. The van der Waals surface area contributed by atoms with Gasteiger partial charge in [-0.15, -0.1) is 0 Å². The third-order valence-corrected chi connectivity index (χ3v) is 5.45. The molecule has 2 aliphatic heterocycles. The Morgan fingerprint density at radius 1 is 1.31 bits per heavy atom. The highest BCUT2D eigenvalue weighted by atomic mass is 19.1. The molecule has 0 aliphatic carbocycles. The summed E-state index contributed by atoms with van der Waals surface area (Å²) < 4.78 is 13.7. The summed E-state index contributed by atoms with van der Waals surface area (Å²) in [5.74, 6) is -0.201. The number of nitrogens with one attached hydrogen (secondary N) is 1. The lowest BCUT2D eigenvalue weighted by Crippen LogP contribution is -2.48. The number of urea groups is 1. The molecule has 0 bridgehead atoms. The molecule has 3 amide bonds. The predicted octanol–water partition coefficient (Wildman–Crippen LogP) is 2.27. The molecule has 1 aromatic carbocycles. The maximum Gasteiger partial charge on any atom is 0.321 e. The molecule has 2 heterocycles. The van der Waals surface area contributed by atoms with Crippen LogP contribution in [0.15, 0.2) is 24.3 Å². The fraction of sp³-hybridized carbons (Fsp3) is 0.579. The molecule has 142 valence electrons. The van der Waals surface area contributed by atoms with Crippen molar-refractivity contribution in [2.24, 2.45) is 17.6 Å². The van der Waals surface area contributed by atoms with Crippen LogP contribution in [0, 0.1) is 17.7 Å². The van der Waals surface area contributed by atoms with Crippen molar-refractivity contribution >= 4 is 17.6 Å². The molecule has 1 aromatic rings. The molecule has 0 radical (unpaired) electrons. The second-order valence-electron chi connectivity index (χ2n) is 7.37. The zero-order chi connectivity index (χ0) is 18.7. The molecular formula is C19H27FN4O2. The van der Waals surface area contributed by atoms with Crippen LogP contribution in [-0.4, -0.2) is 54.0 Å². The summed E-state index contributed by atoms with van der Waals surface area (Å²) in [5, 5.41) is 2.60. The van der Waals surface area contributed by atoms with Gasteiger partial charge in [0, 0.05) is 25.7 Å². The number of benzene rings is 1. The number of likely N-dealkylation sites (tertiary alicyclic amines) is 2. The largest absolute Gasteiger partial charge is 0.339 e. The Morgan fingerprint density at radius 3 is 2.77 bits per heavy atom. The molecule has 0 spiro atoms. The quantitative estimate of drug-likeness (QED) is 0.866. The second kappa shape index (κ2) is 8.03. The first-order valence-electron chi connectivity index (χ1n) is 9.30. The maximum absolute atomic E-state index is 13.7. The highest BCUT2D eigenvalue weighted by molar-refractivity contribution is 5.90. The van der Waals surface area contributed by atoms with Crippen LogP contribution < -0.4 is 11.1 Å². The summed E-state index contributed by atoms with van der Waals surface area (Å²) in [6.45, 7) is 4.30. The number of carbonyl (C=O) groups is 2. The van der Waals surface area contributed by atoms with E-state index >= 15 is 0 Å². The van der Waals surface area contributed by atoms with E-state index in [-0.39, 0.29) is 29.6 Å². The third-order valence-electron chi connectivity index (χ3n) is 5.45. The summed E-state index contributed by atoms with van der Waals surface area (Å²) in [4.78, 5) is 28.9. The van der Waals surface area contributed by atoms with E-state index in [0.29, 0.717) is 32.1 Å². The van der Waals surface area contributed by atoms with Crippen LogP contribution in [0.3, 0.4) is 0 Å². The first-order chi connectivity index (χ1) is 12.5. The summed E-state index contributed by atoms with van der Waals surface area (Å²) in [7, 11) is 0. The van der Waals surface area contributed by atoms with Gasteiger partial charge in [-0.2, -0.15) is 0 Å². The number of hydrogen-bond acceptors (Lipinski definition) is 3. The number of rotatable bonds is 3. The lowest BCUT2D eigenvalue weighted by molar-refractivity contribution is -0.137. The van der Waals surface area contributed by atoms with E-state index in [2.05, 4.69) is 12.2 Å². The number of anilines is 1. The van der Waals surface area contributed by atoms with Crippen LogP contribution >= 0.6 is 0 Å². The number of amides is 3. The van der Waals surface area contributed by atoms with Gasteiger partial charge in [-0.05, 0) is 50.8 Å². The van der Waals surface area contributed by atoms with Crippen LogP contribution in [0.1, 0.15) is 26.2 Å². The fourth-order valence-corrected chi connectivity index (χ4v) is 3.97. The number of hydrogen-bond donors (Lipinski definition) is 2. The Kier molecular flexibility index (Phi) is 5.76. The lowest BCUT2D eigenvalue weighted by atomic mass is 9.96. The van der Waals surface area contributed by atoms with Gasteiger partial charge in [0.05, 0.1) is 11.6 Å². The summed E-state index contributed by atoms with van der Waals surface area (Å²) >= 11 is 0. The van der Waals surface area contributed by atoms with Crippen LogP contribution in [0.25, 0.3) is 0 Å². The fourth-order valence-electron chi connectivity index (χ4n) is 3.97. The van der Waals surface area contributed by atoms with E-state index in [4.69, 9.17) is 5.73 Å². The zero-order valence-corrected chi connectivity index (χ0v) is 15.2. The number of carbonyl (C=O) groups excluding carboxylic acids is 2. The van der Waals surface area contributed by atoms with Crippen LogP contribution in [0.4, 0.5) is 14.9 Å². The molecule has 3 rings (SSSR count). The van der Waals surface area contributed by atoms with Crippen molar-refractivity contribution in [2.45, 2.75) is 32.2 Å². The van der Waals surface area contributed by atoms with E-state index in [9.17, 15) is 14.0 Å². The van der Waals surface area contributed by atoms with Gasteiger partial charge in [0.2, 0.25) is 5.91 Å². The molecule has 26 heavy (non-hydrogen) atoms. The minimum absolute atomic E-state index is 0.108. The summed E-state index contributed by atoms with van der Waals surface area (Å²) in [6.07, 6.45) is 2.48. The Hall–Kier alpha value is -2.15. The van der Waals surface area contributed by atoms with E-state index in [1.807, 2.05) is 4.90 Å². The minimum atomic E-state index is -0.468. The monoisotopic (exact) mass is 362 g/mol. The van der Waals surface area contributed by atoms with Gasteiger partial charge in [-0.1, -0.05) is 12.1 Å². The molecule has 3 atom stereocenters. The standard InChI is InChI=1S/C19H27FN4O2/c1-13-9-14(10-21)11-24(13)18(25)15-5-4-8-23(12-15)19(26)22-17-7-3-2-6-16(17)20/h2-3,6-7,13-15H,4-5,8-12,21H2,1H3,(H,22,26). The molecule has 3 N–H and O–H groups in total. The molecule has 3 unspecified atom stereocenters. The number of nitrogens with zero attached hydrogens (tertiary/aromatic N) is 2. The van der Waals surface area contributed by atoms with Gasteiger partial charge < -0.3 is 20.9 Å². The van der Waals surface area contributed by atoms with Gasteiger partial charge in [-0.25, -0.2) is 9.18 Å². The highest BCUT2D eigenvalue weighted by Gasteiger charge is 2.37. The maximum atomic E-state index is 13.7. The van der Waals surface area contributed by atoms with E-state index in [1.54, 1.807) is 17.0 Å². The smallest absolute Gasteiger partial charge is 0.321 e.